The number of fused-ring (bicyclic) bond motifs is 1. The molecule has 2 unspecified atom stereocenters. The molecule has 7 nitrogen and oxygen atoms in total. The Morgan fingerprint density at radius 3 is 2.92 bits per heavy atom. The van der Waals surface area contributed by atoms with Crippen LogP contribution in [0, 0.1) is 5.92 Å². The van der Waals surface area contributed by atoms with Crippen molar-refractivity contribution < 1.29 is 0 Å². The number of aromatic amines is 3. The molecule has 0 bridgehead atoms. The zero-order valence-electron chi connectivity index (χ0n) is 14.6. The van der Waals surface area contributed by atoms with Crippen LogP contribution in [0.5, 0.6) is 0 Å². The summed E-state index contributed by atoms with van der Waals surface area (Å²) >= 11 is 0. The van der Waals surface area contributed by atoms with Gasteiger partial charge in [0, 0.05) is 36.0 Å². The van der Waals surface area contributed by atoms with Gasteiger partial charge >= 0.3 is 0 Å². The maximum Gasteiger partial charge on any atom is 0.271 e. The largest absolute Gasteiger partial charge is 0.385 e. The molecule has 2 saturated carbocycles. The highest BCUT2D eigenvalue weighted by Crippen LogP contribution is 2.39. The normalized spacial score (nSPS) is 22.8. The van der Waals surface area contributed by atoms with Gasteiger partial charge in [0.15, 0.2) is 0 Å². The van der Waals surface area contributed by atoms with Crippen molar-refractivity contribution >= 4 is 22.4 Å². The third-order valence-electron chi connectivity index (χ3n) is 5.75. The minimum absolute atomic E-state index is 0.0730. The van der Waals surface area contributed by atoms with Gasteiger partial charge in [0.25, 0.3) is 5.56 Å². The molecule has 2 aromatic heterocycles. The summed E-state index contributed by atoms with van der Waals surface area (Å²) in [4.78, 5) is 11.6. The van der Waals surface area contributed by atoms with Crippen LogP contribution < -0.4 is 16.2 Å². The van der Waals surface area contributed by atoms with Gasteiger partial charge in [-0.25, -0.2) is 0 Å². The van der Waals surface area contributed by atoms with Gasteiger partial charge in [-0.1, -0.05) is 6.42 Å². The van der Waals surface area contributed by atoms with E-state index in [0.29, 0.717) is 23.3 Å². The first-order valence-electron chi connectivity index (χ1n) is 9.52. The Labute approximate surface area is 150 Å². The van der Waals surface area contributed by atoms with Crippen LogP contribution in [0.2, 0.25) is 0 Å². The number of hydrogen-bond acceptors (Lipinski definition) is 4. The van der Waals surface area contributed by atoms with Gasteiger partial charge in [0.05, 0.1) is 10.9 Å². The van der Waals surface area contributed by atoms with Crippen molar-refractivity contribution in [1.29, 1.82) is 0 Å². The molecule has 5 rings (SSSR count). The number of rotatable bonds is 6. The van der Waals surface area contributed by atoms with E-state index in [2.05, 4.69) is 37.1 Å². The number of anilines is 2. The molecule has 7 heteroatoms. The third-order valence-corrected chi connectivity index (χ3v) is 5.75. The Morgan fingerprint density at radius 1 is 1.12 bits per heavy atom. The number of hydrogen-bond donors (Lipinski definition) is 5. The summed E-state index contributed by atoms with van der Waals surface area (Å²) in [5.74, 6) is 2.25. The molecule has 0 radical (unpaired) electrons. The molecule has 2 aliphatic carbocycles. The summed E-state index contributed by atoms with van der Waals surface area (Å²) in [5.41, 5.74) is 3.07. The van der Waals surface area contributed by atoms with E-state index in [4.69, 9.17) is 0 Å². The summed E-state index contributed by atoms with van der Waals surface area (Å²) in [6.07, 6.45) is 6.22. The molecule has 26 heavy (non-hydrogen) atoms. The van der Waals surface area contributed by atoms with Crippen molar-refractivity contribution in [3.05, 3.63) is 40.3 Å². The predicted octanol–water partition coefficient (Wildman–Crippen LogP) is 3.15. The molecular weight excluding hydrogens is 328 g/mol. The second kappa shape index (κ2) is 6.23. The first-order chi connectivity index (χ1) is 12.8. The van der Waals surface area contributed by atoms with Crippen LogP contribution in [0.4, 0.5) is 11.5 Å². The van der Waals surface area contributed by atoms with Gasteiger partial charge in [-0.05, 0) is 49.8 Å². The standard InChI is InChI=1S/C19H24N6O/c26-19-14-7-6-13(8-17(14)23-25-19)20-10-12-2-1-3-15(12)21-18-9-16(22-24-18)11-4-5-11/h6-9,11-12,15,20H,1-5,10H2,(H2,21,22,24)(H2,23,25,26). The summed E-state index contributed by atoms with van der Waals surface area (Å²) in [5, 5.41) is 21.0. The van der Waals surface area contributed by atoms with E-state index in [1.165, 1.54) is 37.8 Å². The van der Waals surface area contributed by atoms with Crippen molar-refractivity contribution in [1.82, 2.24) is 20.4 Å². The average molecular weight is 352 g/mol. The summed E-state index contributed by atoms with van der Waals surface area (Å²) in [6, 6.07) is 8.45. The Kier molecular flexibility index (Phi) is 3.72. The molecule has 2 atom stereocenters. The zero-order valence-corrected chi connectivity index (χ0v) is 14.6. The highest BCUT2D eigenvalue weighted by molar-refractivity contribution is 5.81. The summed E-state index contributed by atoms with van der Waals surface area (Å²) in [7, 11) is 0. The van der Waals surface area contributed by atoms with Gasteiger partial charge in [-0.2, -0.15) is 5.10 Å². The Bertz CT molecular complexity index is 966. The molecule has 2 fully saturated rings. The van der Waals surface area contributed by atoms with Gasteiger partial charge in [0.1, 0.15) is 5.82 Å². The van der Waals surface area contributed by atoms with Gasteiger partial charge in [0.2, 0.25) is 0 Å². The van der Waals surface area contributed by atoms with E-state index >= 15 is 0 Å². The quantitative estimate of drug-likeness (QED) is 0.470. The summed E-state index contributed by atoms with van der Waals surface area (Å²) < 4.78 is 0. The maximum atomic E-state index is 11.6. The van der Waals surface area contributed by atoms with Crippen LogP contribution in [-0.2, 0) is 0 Å². The second-order valence-corrected chi connectivity index (χ2v) is 7.65. The minimum Gasteiger partial charge on any atom is -0.385 e. The van der Waals surface area contributed by atoms with Crippen LogP contribution in [-0.4, -0.2) is 33.0 Å². The van der Waals surface area contributed by atoms with Crippen molar-refractivity contribution in [2.45, 2.75) is 44.1 Å². The van der Waals surface area contributed by atoms with Crippen molar-refractivity contribution in [3.8, 4) is 0 Å². The lowest BCUT2D eigenvalue weighted by molar-refractivity contribution is 0.529. The Hall–Kier alpha value is -2.70. The molecule has 3 aromatic rings. The van der Waals surface area contributed by atoms with Crippen LogP contribution in [0.15, 0.2) is 29.1 Å². The molecule has 0 saturated heterocycles. The minimum atomic E-state index is -0.0730. The van der Waals surface area contributed by atoms with E-state index < -0.39 is 0 Å². The maximum absolute atomic E-state index is 11.6. The van der Waals surface area contributed by atoms with E-state index in [1.807, 2.05) is 18.2 Å². The average Bonchev–Trinajstić information content (AvgIpc) is 3.06. The first-order valence-corrected chi connectivity index (χ1v) is 9.52. The lowest BCUT2D eigenvalue weighted by Crippen LogP contribution is -2.29. The SMILES string of the molecule is O=c1[nH][nH]c2cc(NCC3CCCC3Nc3cc(C4CC4)[nH]n3)ccc12. The molecule has 136 valence electrons. The topological polar surface area (TPSA) is 101 Å². The van der Waals surface area contributed by atoms with Crippen LogP contribution in [0.25, 0.3) is 10.9 Å². The zero-order chi connectivity index (χ0) is 17.5. The highest BCUT2D eigenvalue weighted by atomic mass is 16.1. The molecule has 2 aliphatic rings. The number of nitrogens with one attached hydrogen (secondary N) is 5. The van der Waals surface area contributed by atoms with E-state index in [1.54, 1.807) is 0 Å². The van der Waals surface area contributed by atoms with E-state index in [0.717, 1.165) is 23.6 Å². The Morgan fingerprint density at radius 2 is 2.04 bits per heavy atom. The fraction of sp³-hybridized carbons (Fsp3) is 0.474. The molecular formula is C19H24N6O. The lowest BCUT2D eigenvalue weighted by Gasteiger charge is -2.21. The van der Waals surface area contributed by atoms with Crippen molar-refractivity contribution in [3.63, 3.8) is 0 Å². The second-order valence-electron chi connectivity index (χ2n) is 7.65. The third kappa shape index (κ3) is 2.98. The number of benzene rings is 1. The molecule has 5 N–H and O–H groups in total. The highest BCUT2D eigenvalue weighted by Gasteiger charge is 2.29. The monoisotopic (exact) mass is 352 g/mol. The number of H-pyrrole nitrogens is 3. The van der Waals surface area contributed by atoms with Gasteiger partial charge in [-0.3, -0.25) is 20.1 Å². The first kappa shape index (κ1) is 15.5. The van der Waals surface area contributed by atoms with E-state index in [9.17, 15) is 4.79 Å². The molecule has 1 aromatic carbocycles. The Balaban J connectivity index is 1.22. The van der Waals surface area contributed by atoms with Crippen LogP contribution in [0.3, 0.4) is 0 Å². The molecule has 0 spiro atoms. The fourth-order valence-electron chi connectivity index (χ4n) is 4.07. The van der Waals surface area contributed by atoms with Crippen molar-refractivity contribution in [2.24, 2.45) is 5.92 Å². The molecule has 2 heterocycles. The molecule has 0 amide bonds. The number of aromatic nitrogens is 4. The number of nitrogens with zero attached hydrogens (tertiary/aromatic N) is 1. The summed E-state index contributed by atoms with van der Waals surface area (Å²) in [6.45, 7) is 0.914. The fourth-order valence-corrected chi connectivity index (χ4v) is 4.07. The predicted molar refractivity (Wildman–Crippen MR) is 103 cm³/mol. The molecule has 0 aliphatic heterocycles. The van der Waals surface area contributed by atoms with Crippen LogP contribution in [0.1, 0.15) is 43.7 Å². The van der Waals surface area contributed by atoms with Crippen molar-refractivity contribution in [2.75, 3.05) is 17.2 Å². The van der Waals surface area contributed by atoms with Crippen LogP contribution >= 0.6 is 0 Å². The smallest absolute Gasteiger partial charge is 0.271 e. The van der Waals surface area contributed by atoms with Gasteiger partial charge in [-0.15, -0.1) is 0 Å². The lowest BCUT2D eigenvalue weighted by atomic mass is 10.0. The van der Waals surface area contributed by atoms with E-state index in [-0.39, 0.29) is 5.56 Å². The van der Waals surface area contributed by atoms with Gasteiger partial charge < -0.3 is 10.6 Å².